The summed E-state index contributed by atoms with van der Waals surface area (Å²) < 4.78 is 10.8. The molecule has 7 nitrogen and oxygen atoms in total. The summed E-state index contributed by atoms with van der Waals surface area (Å²) in [6.07, 6.45) is 5.11. The van der Waals surface area contributed by atoms with E-state index in [-0.39, 0.29) is 5.91 Å². The summed E-state index contributed by atoms with van der Waals surface area (Å²) in [4.78, 5) is 24.3. The first-order valence-corrected chi connectivity index (χ1v) is 9.76. The number of carbonyl (C=O) groups excluding carboxylic acids is 1. The molecule has 0 aliphatic rings. The number of nitrogens with zero attached hydrogens (tertiary/aromatic N) is 2. The van der Waals surface area contributed by atoms with Gasteiger partial charge in [-0.3, -0.25) is 9.78 Å². The molecule has 4 rings (SSSR count). The van der Waals surface area contributed by atoms with Gasteiger partial charge in [0.1, 0.15) is 23.9 Å². The molecular weight excluding hydrogens is 392 g/mol. The number of imidazole rings is 1. The summed E-state index contributed by atoms with van der Waals surface area (Å²) in [5.41, 5.74) is 3.94. The third-order valence-electron chi connectivity index (χ3n) is 4.79. The van der Waals surface area contributed by atoms with Crippen LogP contribution in [-0.2, 0) is 6.61 Å². The molecule has 0 bridgehead atoms. The minimum Gasteiger partial charge on any atom is -0.495 e. The molecule has 0 unspecified atom stereocenters. The second-order valence-corrected chi connectivity index (χ2v) is 6.92. The summed E-state index contributed by atoms with van der Waals surface area (Å²) >= 11 is 0. The van der Waals surface area contributed by atoms with Gasteiger partial charge in [-0.15, -0.1) is 0 Å². The topological polar surface area (TPSA) is 89.1 Å². The molecule has 0 aliphatic heterocycles. The van der Waals surface area contributed by atoms with Crippen molar-refractivity contribution < 1.29 is 14.3 Å². The van der Waals surface area contributed by atoms with Crippen LogP contribution in [0.15, 0.2) is 73.2 Å². The number of benzene rings is 2. The Hall–Kier alpha value is -4.13. The predicted octanol–water partition coefficient (Wildman–Crippen LogP) is 4.62. The lowest BCUT2D eigenvalue weighted by Crippen LogP contribution is -2.12. The van der Waals surface area contributed by atoms with E-state index in [1.54, 1.807) is 50.0 Å². The molecule has 2 heterocycles. The zero-order valence-electron chi connectivity index (χ0n) is 17.3. The van der Waals surface area contributed by atoms with Gasteiger partial charge >= 0.3 is 0 Å². The molecule has 156 valence electrons. The van der Waals surface area contributed by atoms with Crippen molar-refractivity contribution in [3.63, 3.8) is 0 Å². The van der Waals surface area contributed by atoms with Gasteiger partial charge in [-0.2, -0.15) is 0 Å². The SMILES string of the molecule is COc1ccc(COc2ccc(C(=O)Nc3cc(-c4ncc[nH]4)ccc3C)cc2)nc1. The molecule has 2 N–H and O–H groups in total. The Labute approximate surface area is 180 Å². The maximum Gasteiger partial charge on any atom is 0.255 e. The summed E-state index contributed by atoms with van der Waals surface area (Å²) in [6, 6.07) is 16.5. The molecule has 0 saturated carbocycles. The van der Waals surface area contributed by atoms with E-state index in [1.807, 2.05) is 37.3 Å². The Morgan fingerprint density at radius 2 is 1.84 bits per heavy atom. The second-order valence-electron chi connectivity index (χ2n) is 6.92. The van der Waals surface area contributed by atoms with E-state index in [9.17, 15) is 4.79 Å². The van der Waals surface area contributed by atoms with E-state index in [4.69, 9.17) is 9.47 Å². The summed E-state index contributed by atoms with van der Waals surface area (Å²) in [6.45, 7) is 2.28. The smallest absolute Gasteiger partial charge is 0.255 e. The van der Waals surface area contributed by atoms with E-state index in [2.05, 4.69) is 20.3 Å². The molecule has 0 radical (unpaired) electrons. The van der Waals surface area contributed by atoms with Crippen molar-refractivity contribution >= 4 is 11.6 Å². The molecule has 0 fully saturated rings. The molecule has 0 atom stereocenters. The zero-order valence-corrected chi connectivity index (χ0v) is 17.3. The van der Waals surface area contributed by atoms with Gasteiger partial charge in [-0.05, 0) is 55.0 Å². The number of hydrogen-bond acceptors (Lipinski definition) is 5. The minimum absolute atomic E-state index is 0.192. The largest absolute Gasteiger partial charge is 0.495 e. The van der Waals surface area contributed by atoms with Crippen LogP contribution < -0.4 is 14.8 Å². The maximum absolute atomic E-state index is 12.7. The monoisotopic (exact) mass is 414 g/mol. The highest BCUT2D eigenvalue weighted by Gasteiger charge is 2.10. The highest BCUT2D eigenvalue weighted by atomic mass is 16.5. The van der Waals surface area contributed by atoms with E-state index in [0.717, 1.165) is 28.3 Å². The first kappa shape index (κ1) is 20.2. The number of ether oxygens (including phenoxy) is 2. The Morgan fingerprint density at radius 1 is 1.03 bits per heavy atom. The third-order valence-corrected chi connectivity index (χ3v) is 4.79. The van der Waals surface area contributed by atoms with Crippen molar-refractivity contribution in [1.29, 1.82) is 0 Å². The average molecular weight is 414 g/mol. The number of carbonyl (C=O) groups is 1. The molecule has 31 heavy (non-hydrogen) atoms. The number of amides is 1. The lowest BCUT2D eigenvalue weighted by molar-refractivity contribution is 0.102. The molecule has 0 aliphatic carbocycles. The number of rotatable bonds is 7. The lowest BCUT2D eigenvalue weighted by Gasteiger charge is -2.11. The van der Waals surface area contributed by atoms with Crippen LogP contribution in [0.3, 0.4) is 0 Å². The number of anilines is 1. The van der Waals surface area contributed by atoms with Crippen LogP contribution in [0, 0.1) is 6.92 Å². The fraction of sp³-hybridized carbons (Fsp3) is 0.125. The van der Waals surface area contributed by atoms with Crippen LogP contribution in [0.1, 0.15) is 21.6 Å². The summed E-state index contributed by atoms with van der Waals surface area (Å²) in [7, 11) is 1.60. The minimum atomic E-state index is -0.192. The van der Waals surface area contributed by atoms with Crippen molar-refractivity contribution in [2.45, 2.75) is 13.5 Å². The van der Waals surface area contributed by atoms with Crippen LogP contribution in [0.2, 0.25) is 0 Å². The normalized spacial score (nSPS) is 10.5. The summed E-state index contributed by atoms with van der Waals surface area (Å²) in [5, 5.41) is 2.97. The van der Waals surface area contributed by atoms with Crippen LogP contribution >= 0.6 is 0 Å². The average Bonchev–Trinajstić information content (AvgIpc) is 3.35. The van der Waals surface area contributed by atoms with Gasteiger partial charge in [0, 0.05) is 29.2 Å². The first-order chi connectivity index (χ1) is 15.1. The van der Waals surface area contributed by atoms with Crippen molar-refractivity contribution in [3.05, 3.63) is 90.0 Å². The van der Waals surface area contributed by atoms with Gasteiger partial charge in [-0.25, -0.2) is 4.98 Å². The highest BCUT2D eigenvalue weighted by molar-refractivity contribution is 6.05. The van der Waals surface area contributed by atoms with Crippen molar-refractivity contribution in [2.24, 2.45) is 0 Å². The van der Waals surface area contributed by atoms with Gasteiger partial charge in [0.05, 0.1) is 19.0 Å². The number of aromatic nitrogens is 3. The number of aromatic amines is 1. The van der Waals surface area contributed by atoms with E-state index >= 15 is 0 Å². The Balaban J connectivity index is 1.39. The lowest BCUT2D eigenvalue weighted by atomic mass is 10.1. The molecule has 0 spiro atoms. The van der Waals surface area contributed by atoms with Gasteiger partial charge in [-0.1, -0.05) is 12.1 Å². The standard InChI is InChI=1S/C24H22N4O3/c1-16-3-4-18(23-25-11-12-26-23)13-22(16)28-24(29)17-5-8-20(9-6-17)31-15-19-7-10-21(30-2)14-27-19/h3-14H,15H2,1-2H3,(H,25,26)(H,28,29). The van der Waals surface area contributed by atoms with Crippen LogP contribution in [0.5, 0.6) is 11.5 Å². The summed E-state index contributed by atoms with van der Waals surface area (Å²) in [5.74, 6) is 1.92. The van der Waals surface area contributed by atoms with Gasteiger partial charge in [0.25, 0.3) is 5.91 Å². The van der Waals surface area contributed by atoms with E-state index < -0.39 is 0 Å². The van der Waals surface area contributed by atoms with Gasteiger partial charge in [0.2, 0.25) is 0 Å². The van der Waals surface area contributed by atoms with Crippen molar-refractivity contribution in [1.82, 2.24) is 15.0 Å². The highest BCUT2D eigenvalue weighted by Crippen LogP contribution is 2.24. The second kappa shape index (κ2) is 9.13. The Bertz CT molecular complexity index is 1150. The molecule has 0 saturated heterocycles. The zero-order chi connectivity index (χ0) is 21.6. The fourth-order valence-electron chi connectivity index (χ4n) is 3.00. The van der Waals surface area contributed by atoms with Crippen molar-refractivity contribution in [3.8, 4) is 22.9 Å². The molecular formula is C24H22N4O3. The Morgan fingerprint density at radius 3 is 2.52 bits per heavy atom. The number of aryl methyl sites for hydroxylation is 1. The van der Waals surface area contributed by atoms with Crippen LogP contribution in [-0.4, -0.2) is 28.0 Å². The number of pyridine rings is 1. The quantitative estimate of drug-likeness (QED) is 0.461. The fourth-order valence-corrected chi connectivity index (χ4v) is 3.00. The predicted molar refractivity (Wildman–Crippen MR) is 118 cm³/mol. The molecule has 2 aromatic carbocycles. The number of methoxy groups -OCH3 is 1. The van der Waals surface area contributed by atoms with Gasteiger partial charge in [0.15, 0.2) is 0 Å². The van der Waals surface area contributed by atoms with E-state index in [1.165, 1.54) is 0 Å². The first-order valence-electron chi connectivity index (χ1n) is 9.76. The van der Waals surface area contributed by atoms with Crippen LogP contribution in [0.25, 0.3) is 11.4 Å². The molecule has 2 aromatic heterocycles. The number of nitrogens with one attached hydrogen (secondary N) is 2. The number of hydrogen-bond donors (Lipinski definition) is 2. The third kappa shape index (κ3) is 4.90. The van der Waals surface area contributed by atoms with Crippen LogP contribution in [0.4, 0.5) is 5.69 Å². The molecule has 7 heteroatoms. The number of H-pyrrole nitrogens is 1. The van der Waals surface area contributed by atoms with E-state index in [0.29, 0.717) is 23.7 Å². The maximum atomic E-state index is 12.7. The molecule has 1 amide bonds. The molecule has 4 aromatic rings. The van der Waals surface area contributed by atoms with Crippen molar-refractivity contribution in [2.75, 3.05) is 12.4 Å². The van der Waals surface area contributed by atoms with Gasteiger partial charge < -0.3 is 19.8 Å². The Kier molecular flexibility index (Phi) is 5.93.